The minimum atomic E-state index is -3.12. The van der Waals surface area contributed by atoms with Crippen molar-refractivity contribution in [2.45, 2.75) is 75.6 Å². The lowest BCUT2D eigenvalue weighted by Gasteiger charge is -2.45. The van der Waals surface area contributed by atoms with Crippen LogP contribution in [-0.2, 0) is 21.7 Å². The zero-order chi connectivity index (χ0) is 30.9. The lowest BCUT2D eigenvalue weighted by molar-refractivity contribution is 0.0456. The number of anilines is 1. The van der Waals surface area contributed by atoms with Crippen molar-refractivity contribution in [2.75, 3.05) is 30.9 Å². The molecule has 0 unspecified atom stereocenters. The maximum Gasteiger partial charge on any atom is 0.335 e. The Morgan fingerprint density at radius 2 is 2.02 bits per heavy atom. The summed E-state index contributed by atoms with van der Waals surface area (Å²) in [6, 6.07) is 11.2. The van der Waals surface area contributed by atoms with Gasteiger partial charge in [-0.3, -0.25) is 0 Å². The fourth-order valence-corrected chi connectivity index (χ4v) is 9.41. The van der Waals surface area contributed by atoms with Gasteiger partial charge in [-0.2, -0.15) is 0 Å². The van der Waals surface area contributed by atoms with Gasteiger partial charge in [0.15, 0.2) is 9.84 Å². The van der Waals surface area contributed by atoms with Crippen LogP contribution in [0.25, 0.3) is 0 Å². The molecule has 0 amide bonds. The summed E-state index contributed by atoms with van der Waals surface area (Å²) in [6.45, 7) is 5.73. The number of rotatable bonds is 10. The SMILES string of the molecule is CC[C@H]([C@@H](C)C/C=C/[C@H](O)[C@@H]1CC[C@H]1CN1C[C@@]2(CCCc3cc(Cl)ccc32)COc2ccc(C(=O)O)cc21)S(C)(=O)=O. The second-order valence-corrected chi connectivity index (χ2v) is 15.7. The highest BCUT2D eigenvalue weighted by Gasteiger charge is 2.44. The average Bonchev–Trinajstić information content (AvgIpc) is 3.07. The summed E-state index contributed by atoms with van der Waals surface area (Å²) < 4.78 is 30.7. The summed E-state index contributed by atoms with van der Waals surface area (Å²) in [5, 5.41) is 21.3. The number of carboxylic acid groups (broad SMARTS) is 1. The number of carbonyl (C=O) groups is 1. The summed E-state index contributed by atoms with van der Waals surface area (Å²) in [4.78, 5) is 14.2. The van der Waals surface area contributed by atoms with Gasteiger partial charge in [0.1, 0.15) is 5.75 Å². The first-order valence-corrected chi connectivity index (χ1v) is 17.8. The van der Waals surface area contributed by atoms with Gasteiger partial charge in [0.2, 0.25) is 0 Å². The zero-order valence-corrected chi connectivity index (χ0v) is 26.9. The number of hydrogen-bond acceptors (Lipinski definition) is 6. The average molecular weight is 630 g/mol. The van der Waals surface area contributed by atoms with Crippen molar-refractivity contribution >= 4 is 33.1 Å². The number of halogens is 1. The van der Waals surface area contributed by atoms with Gasteiger partial charge in [-0.05, 0) is 104 Å². The third kappa shape index (κ3) is 6.76. The molecule has 3 aliphatic rings. The van der Waals surface area contributed by atoms with Crippen LogP contribution in [0.1, 0.15) is 73.9 Å². The molecule has 0 saturated heterocycles. The third-order valence-electron chi connectivity index (χ3n) is 10.1. The van der Waals surface area contributed by atoms with Crippen LogP contribution < -0.4 is 9.64 Å². The zero-order valence-electron chi connectivity index (χ0n) is 25.3. The number of hydrogen-bond donors (Lipinski definition) is 2. The highest BCUT2D eigenvalue weighted by molar-refractivity contribution is 7.91. The summed E-state index contributed by atoms with van der Waals surface area (Å²) in [5.74, 6) is -0.0167. The van der Waals surface area contributed by atoms with Crippen LogP contribution in [0.15, 0.2) is 48.6 Å². The second kappa shape index (κ2) is 12.8. The van der Waals surface area contributed by atoms with Crippen LogP contribution in [0.2, 0.25) is 5.02 Å². The Labute approximate surface area is 260 Å². The standard InChI is InChI=1S/C34H44ClNO6S/c1-4-32(43(3,40)41)22(2)7-5-9-30(37)27-13-10-25(27)19-36-20-34(16-6-8-23-17-26(35)12-14-28(23)34)21-42-31-15-11-24(33(38)39)18-29(31)36/h5,9,11-12,14-15,17-18,22,25,27,30,32,37H,4,6-8,10,13,16,19-21H2,1-3H3,(H,38,39)/b9-5+/t22-,25-,27+,30-,32+,34-/m0/s1. The van der Waals surface area contributed by atoms with Gasteiger partial charge in [0.05, 0.1) is 29.2 Å². The number of allylic oxidation sites excluding steroid dienone is 1. The van der Waals surface area contributed by atoms with Crippen molar-refractivity contribution in [1.29, 1.82) is 0 Å². The van der Waals surface area contributed by atoms with Crippen molar-refractivity contribution in [3.8, 4) is 5.75 Å². The van der Waals surface area contributed by atoms with Crippen molar-refractivity contribution in [1.82, 2.24) is 0 Å². The van der Waals surface area contributed by atoms with Crippen molar-refractivity contribution in [2.24, 2.45) is 17.8 Å². The first-order chi connectivity index (χ1) is 20.4. The van der Waals surface area contributed by atoms with Crippen molar-refractivity contribution in [3.05, 3.63) is 70.3 Å². The Bertz CT molecular complexity index is 1480. The minimum Gasteiger partial charge on any atom is -0.490 e. The second-order valence-electron chi connectivity index (χ2n) is 13.0. The molecular formula is C34H44ClNO6S. The van der Waals surface area contributed by atoms with Gasteiger partial charge < -0.3 is 19.8 Å². The molecule has 43 heavy (non-hydrogen) atoms. The molecule has 7 nitrogen and oxygen atoms in total. The largest absolute Gasteiger partial charge is 0.490 e. The van der Waals surface area contributed by atoms with Crippen LogP contribution in [0.4, 0.5) is 5.69 Å². The normalized spacial score (nSPS) is 25.7. The van der Waals surface area contributed by atoms with E-state index < -0.39 is 21.9 Å². The maximum absolute atomic E-state index is 12.1. The first-order valence-electron chi connectivity index (χ1n) is 15.5. The number of aryl methyl sites for hydroxylation is 1. The number of fused-ring (bicyclic) bond motifs is 3. The fraction of sp³-hybridized carbons (Fsp3) is 0.559. The molecule has 234 valence electrons. The van der Waals surface area contributed by atoms with Gasteiger partial charge in [-0.15, -0.1) is 0 Å². The number of nitrogens with zero attached hydrogens (tertiary/aromatic N) is 1. The Balaban J connectivity index is 1.37. The lowest BCUT2D eigenvalue weighted by atomic mass is 9.68. The van der Waals surface area contributed by atoms with Gasteiger partial charge in [0, 0.05) is 29.8 Å². The third-order valence-corrected chi connectivity index (χ3v) is 12.2. The highest BCUT2D eigenvalue weighted by Crippen LogP contribution is 2.46. The molecule has 6 atom stereocenters. The Hall–Kier alpha value is -2.55. The van der Waals surface area contributed by atoms with Crippen LogP contribution in [0.5, 0.6) is 5.75 Å². The molecule has 1 spiro atoms. The van der Waals surface area contributed by atoms with E-state index >= 15 is 0 Å². The van der Waals surface area contributed by atoms with Crippen molar-refractivity contribution in [3.63, 3.8) is 0 Å². The quantitative estimate of drug-likeness (QED) is 0.297. The Morgan fingerprint density at radius 3 is 2.70 bits per heavy atom. The summed E-state index contributed by atoms with van der Waals surface area (Å²) in [6.07, 6.45) is 10.5. The number of sulfone groups is 1. The van der Waals surface area contributed by atoms with Gasteiger partial charge in [0.25, 0.3) is 0 Å². The Morgan fingerprint density at radius 1 is 1.23 bits per heavy atom. The van der Waals surface area contributed by atoms with Crippen LogP contribution in [0.3, 0.4) is 0 Å². The maximum atomic E-state index is 12.1. The van der Waals surface area contributed by atoms with Crippen LogP contribution >= 0.6 is 11.6 Å². The fourth-order valence-electron chi connectivity index (χ4n) is 7.66. The molecule has 0 aromatic heterocycles. The number of benzene rings is 2. The van der Waals surface area contributed by atoms with E-state index in [1.54, 1.807) is 18.2 Å². The van der Waals surface area contributed by atoms with Crippen LogP contribution in [-0.4, -0.2) is 61.9 Å². The molecule has 2 aromatic rings. The molecule has 0 radical (unpaired) electrons. The number of carboxylic acids is 1. The predicted octanol–water partition coefficient (Wildman–Crippen LogP) is 6.30. The number of aliphatic hydroxyl groups is 1. The molecule has 5 rings (SSSR count). The monoisotopic (exact) mass is 629 g/mol. The van der Waals surface area contributed by atoms with E-state index in [-0.39, 0.29) is 34.0 Å². The molecule has 1 aliphatic heterocycles. The summed E-state index contributed by atoms with van der Waals surface area (Å²) in [7, 11) is -3.12. The van der Waals surface area contributed by atoms with Gasteiger partial charge in [-0.25, -0.2) is 13.2 Å². The van der Waals surface area contributed by atoms with E-state index in [0.29, 0.717) is 38.3 Å². The van der Waals surface area contributed by atoms with Gasteiger partial charge >= 0.3 is 5.97 Å². The van der Waals surface area contributed by atoms with E-state index in [9.17, 15) is 23.4 Å². The minimum absolute atomic E-state index is 0.0258. The van der Waals surface area contributed by atoms with E-state index in [1.807, 2.05) is 32.1 Å². The van der Waals surface area contributed by atoms with E-state index in [1.165, 1.54) is 17.4 Å². The number of ether oxygens (including phenoxy) is 1. The molecular weight excluding hydrogens is 586 g/mol. The van der Waals surface area contributed by atoms with Crippen molar-refractivity contribution < 1.29 is 28.2 Å². The molecule has 2 aliphatic carbocycles. The molecule has 2 aromatic carbocycles. The number of aromatic carboxylic acids is 1. The molecule has 0 bridgehead atoms. The van der Waals surface area contributed by atoms with Crippen LogP contribution in [0, 0.1) is 17.8 Å². The predicted molar refractivity (Wildman–Crippen MR) is 171 cm³/mol. The molecule has 9 heteroatoms. The smallest absolute Gasteiger partial charge is 0.335 e. The summed E-state index contributed by atoms with van der Waals surface area (Å²) >= 11 is 6.37. The summed E-state index contributed by atoms with van der Waals surface area (Å²) in [5.41, 5.74) is 3.25. The first kappa shape index (κ1) is 31.9. The lowest BCUT2D eigenvalue weighted by Crippen LogP contribution is -2.49. The molecule has 1 saturated carbocycles. The van der Waals surface area contributed by atoms with Gasteiger partial charge in [-0.1, -0.05) is 43.7 Å². The van der Waals surface area contributed by atoms with E-state index in [2.05, 4.69) is 17.0 Å². The van der Waals surface area contributed by atoms with E-state index in [0.717, 1.165) is 42.8 Å². The van der Waals surface area contributed by atoms with E-state index in [4.69, 9.17) is 16.3 Å². The molecule has 2 N–H and O–H groups in total. The molecule has 1 fully saturated rings. The number of aliphatic hydroxyl groups excluding tert-OH is 1. The topological polar surface area (TPSA) is 104 Å². The highest BCUT2D eigenvalue weighted by atomic mass is 35.5. The Kier molecular flexibility index (Phi) is 9.50. The molecule has 1 heterocycles.